The molecule has 0 aliphatic heterocycles. The van der Waals surface area contributed by atoms with Crippen LogP contribution in [0.3, 0.4) is 0 Å². The van der Waals surface area contributed by atoms with Crippen molar-refractivity contribution in [2.24, 2.45) is 0 Å². The van der Waals surface area contributed by atoms with Crippen molar-refractivity contribution < 1.29 is 8.42 Å². The van der Waals surface area contributed by atoms with Crippen molar-refractivity contribution in [2.75, 3.05) is 0 Å². The molecule has 1 aromatic heterocycles. The van der Waals surface area contributed by atoms with Gasteiger partial charge in [-0.3, -0.25) is 0 Å². The Kier molecular flexibility index (Phi) is 5.96. The smallest absolute Gasteiger partial charge is 0.240 e. The van der Waals surface area contributed by atoms with Gasteiger partial charge in [-0.1, -0.05) is 60.1 Å². The number of benzene rings is 3. The van der Waals surface area contributed by atoms with Crippen molar-refractivity contribution >= 4 is 21.6 Å². The summed E-state index contributed by atoms with van der Waals surface area (Å²) in [7, 11) is -3.73. The molecule has 3 aromatic carbocycles. The van der Waals surface area contributed by atoms with Crippen LogP contribution in [0.4, 0.5) is 0 Å². The van der Waals surface area contributed by atoms with Gasteiger partial charge in [-0.15, -0.1) is 0 Å². The van der Waals surface area contributed by atoms with E-state index in [1.807, 2.05) is 66.9 Å². The lowest BCUT2D eigenvalue weighted by Crippen LogP contribution is -2.24. The molecule has 0 spiro atoms. The first-order valence-corrected chi connectivity index (χ1v) is 11.7. The molecule has 4 aromatic rings. The molecule has 0 aliphatic carbocycles. The Morgan fingerprint density at radius 2 is 1.58 bits per heavy atom. The van der Waals surface area contributed by atoms with Crippen molar-refractivity contribution in [3.05, 3.63) is 101 Å². The van der Waals surface area contributed by atoms with Crippen LogP contribution < -0.4 is 4.72 Å². The van der Waals surface area contributed by atoms with Gasteiger partial charge in [-0.25, -0.2) is 17.8 Å². The first kappa shape index (κ1) is 21.3. The lowest BCUT2D eigenvalue weighted by Gasteiger charge is -2.11. The zero-order chi connectivity index (χ0) is 22.0. The Morgan fingerprint density at radius 1 is 0.935 bits per heavy atom. The summed E-state index contributed by atoms with van der Waals surface area (Å²) in [5, 5.41) is 5.28. The summed E-state index contributed by atoms with van der Waals surface area (Å²) < 4.78 is 30.6. The van der Waals surface area contributed by atoms with Crippen molar-refractivity contribution in [3.63, 3.8) is 0 Å². The third kappa shape index (κ3) is 4.56. The van der Waals surface area contributed by atoms with Gasteiger partial charge in [0.2, 0.25) is 10.0 Å². The summed E-state index contributed by atoms with van der Waals surface area (Å²) in [5.41, 5.74) is 4.65. The topological polar surface area (TPSA) is 64.0 Å². The molecule has 0 radical (unpaired) electrons. The van der Waals surface area contributed by atoms with Crippen molar-refractivity contribution in [2.45, 2.75) is 25.3 Å². The normalized spacial score (nSPS) is 11.6. The molecule has 0 saturated heterocycles. The van der Waals surface area contributed by atoms with Gasteiger partial charge < -0.3 is 0 Å². The van der Waals surface area contributed by atoms with E-state index in [1.54, 1.807) is 30.7 Å². The number of nitrogens with one attached hydrogen (secondary N) is 1. The number of rotatable bonds is 6. The van der Waals surface area contributed by atoms with E-state index in [-0.39, 0.29) is 11.4 Å². The van der Waals surface area contributed by atoms with Gasteiger partial charge in [0.25, 0.3) is 0 Å². The van der Waals surface area contributed by atoms with Crippen LogP contribution in [-0.4, -0.2) is 18.2 Å². The Balaban J connectivity index is 1.69. The van der Waals surface area contributed by atoms with E-state index < -0.39 is 10.0 Å². The van der Waals surface area contributed by atoms with Crippen molar-refractivity contribution in [1.82, 2.24) is 14.5 Å². The van der Waals surface area contributed by atoms with Crippen LogP contribution in [0.25, 0.3) is 16.9 Å². The van der Waals surface area contributed by atoms with Crippen LogP contribution in [0, 0.1) is 13.8 Å². The third-order valence-corrected chi connectivity index (χ3v) is 7.01. The zero-order valence-corrected chi connectivity index (χ0v) is 18.8. The summed E-state index contributed by atoms with van der Waals surface area (Å²) in [4.78, 5) is 0.228. The fourth-order valence-corrected chi connectivity index (χ4v) is 4.92. The highest BCUT2D eigenvalue weighted by Crippen LogP contribution is 2.26. The lowest BCUT2D eigenvalue weighted by molar-refractivity contribution is 0.580. The molecular formula is C24H22ClN3O2S. The Labute approximate surface area is 187 Å². The standard InChI is InChI=1S/C24H22ClN3O2S/c1-17-14-23(18(2)13-22(17)25)31(29,30)26-15-20-16-28(21-11-7-4-8-12-21)27-24(20)19-9-5-3-6-10-19/h3-14,16,26H,15H2,1-2H3. The first-order valence-electron chi connectivity index (χ1n) is 9.81. The minimum absolute atomic E-state index is 0.112. The Bertz CT molecular complexity index is 1320. The van der Waals surface area contributed by atoms with E-state index >= 15 is 0 Å². The monoisotopic (exact) mass is 451 g/mol. The van der Waals surface area contributed by atoms with Crippen LogP contribution in [0.5, 0.6) is 0 Å². The number of hydrogen-bond acceptors (Lipinski definition) is 3. The predicted molar refractivity (Wildman–Crippen MR) is 124 cm³/mol. The van der Waals surface area contributed by atoms with Gasteiger partial charge in [0.15, 0.2) is 0 Å². The average Bonchev–Trinajstić information content (AvgIpc) is 3.20. The second-order valence-electron chi connectivity index (χ2n) is 7.34. The molecule has 7 heteroatoms. The van der Waals surface area contributed by atoms with Gasteiger partial charge in [0, 0.05) is 28.9 Å². The van der Waals surface area contributed by atoms with E-state index in [1.165, 1.54) is 0 Å². The summed E-state index contributed by atoms with van der Waals surface area (Å²) in [6.07, 6.45) is 1.86. The highest BCUT2D eigenvalue weighted by Gasteiger charge is 2.20. The molecule has 4 rings (SSSR count). The maximum absolute atomic E-state index is 13.0. The van der Waals surface area contributed by atoms with E-state index in [0.29, 0.717) is 10.6 Å². The van der Waals surface area contributed by atoms with E-state index in [4.69, 9.17) is 16.7 Å². The highest BCUT2D eigenvalue weighted by molar-refractivity contribution is 7.89. The average molecular weight is 452 g/mol. The number of sulfonamides is 1. The van der Waals surface area contributed by atoms with Gasteiger partial charge in [0.1, 0.15) is 0 Å². The second kappa shape index (κ2) is 8.67. The largest absolute Gasteiger partial charge is 0.241 e. The van der Waals surface area contributed by atoms with E-state index in [0.717, 1.165) is 28.1 Å². The van der Waals surface area contributed by atoms with Crippen LogP contribution in [0.15, 0.2) is 83.9 Å². The van der Waals surface area contributed by atoms with Crippen LogP contribution in [0.2, 0.25) is 5.02 Å². The van der Waals surface area contributed by atoms with Crippen molar-refractivity contribution in [3.8, 4) is 16.9 Å². The fraction of sp³-hybridized carbons (Fsp3) is 0.125. The molecule has 5 nitrogen and oxygen atoms in total. The lowest BCUT2D eigenvalue weighted by atomic mass is 10.1. The SMILES string of the molecule is Cc1cc(S(=O)(=O)NCc2cn(-c3ccccc3)nc2-c2ccccc2)c(C)cc1Cl. The molecule has 0 unspecified atom stereocenters. The maximum atomic E-state index is 13.0. The van der Waals surface area contributed by atoms with Crippen LogP contribution in [0.1, 0.15) is 16.7 Å². The van der Waals surface area contributed by atoms with Crippen LogP contribution >= 0.6 is 11.6 Å². The number of halogens is 1. The zero-order valence-electron chi connectivity index (χ0n) is 17.2. The molecule has 0 amide bonds. The quantitative estimate of drug-likeness (QED) is 0.433. The molecule has 0 bridgehead atoms. The number of aryl methyl sites for hydroxylation is 2. The molecule has 1 N–H and O–H groups in total. The highest BCUT2D eigenvalue weighted by atomic mass is 35.5. The number of aromatic nitrogens is 2. The predicted octanol–water partition coefficient (Wildman–Crippen LogP) is 5.29. The van der Waals surface area contributed by atoms with Gasteiger partial charge in [-0.05, 0) is 49.2 Å². The molecule has 0 saturated carbocycles. The molecule has 1 heterocycles. The fourth-order valence-electron chi connectivity index (χ4n) is 3.39. The summed E-state index contributed by atoms with van der Waals surface area (Å²) in [6.45, 7) is 3.64. The molecule has 0 fully saturated rings. The molecule has 0 aliphatic rings. The first-order chi connectivity index (χ1) is 14.8. The summed E-state index contributed by atoms with van der Waals surface area (Å²) >= 11 is 6.13. The Hall–Kier alpha value is -2.93. The third-order valence-electron chi connectivity index (χ3n) is 5.06. The van der Waals surface area contributed by atoms with Gasteiger partial charge in [0.05, 0.1) is 16.3 Å². The number of hydrogen-bond donors (Lipinski definition) is 1. The molecular weight excluding hydrogens is 430 g/mol. The maximum Gasteiger partial charge on any atom is 0.241 e. The molecule has 31 heavy (non-hydrogen) atoms. The Morgan fingerprint density at radius 3 is 2.26 bits per heavy atom. The van der Waals surface area contributed by atoms with E-state index in [2.05, 4.69) is 4.72 Å². The number of para-hydroxylation sites is 1. The molecule has 0 atom stereocenters. The number of nitrogens with zero attached hydrogens (tertiary/aromatic N) is 2. The van der Waals surface area contributed by atoms with Gasteiger partial charge >= 0.3 is 0 Å². The van der Waals surface area contributed by atoms with Crippen molar-refractivity contribution in [1.29, 1.82) is 0 Å². The second-order valence-corrected chi connectivity index (χ2v) is 9.48. The van der Waals surface area contributed by atoms with Gasteiger partial charge in [-0.2, -0.15) is 5.10 Å². The molecule has 158 valence electrons. The summed E-state index contributed by atoms with van der Waals surface area (Å²) in [6, 6.07) is 22.7. The van der Waals surface area contributed by atoms with Crippen LogP contribution in [-0.2, 0) is 16.6 Å². The minimum Gasteiger partial charge on any atom is -0.240 e. The summed E-state index contributed by atoms with van der Waals surface area (Å²) in [5.74, 6) is 0. The van der Waals surface area contributed by atoms with E-state index in [9.17, 15) is 8.42 Å². The minimum atomic E-state index is -3.73.